The highest BCUT2D eigenvalue weighted by Gasteiger charge is 2.13. The van der Waals surface area contributed by atoms with Crippen molar-refractivity contribution in [1.29, 1.82) is 0 Å². The van der Waals surface area contributed by atoms with Crippen LogP contribution in [0.3, 0.4) is 0 Å². The Balaban J connectivity index is 3.83. The van der Waals surface area contributed by atoms with Crippen LogP contribution in [0.1, 0.15) is 40.0 Å². The maximum absolute atomic E-state index is 11.2. The molecule has 0 fully saturated rings. The van der Waals surface area contributed by atoms with Crippen LogP contribution in [-0.2, 0) is 9.53 Å². The number of carbonyl (C=O) groups is 1. The van der Waals surface area contributed by atoms with Gasteiger partial charge >= 0.3 is 5.97 Å². The largest absolute Gasteiger partial charge is 0.458 e. The van der Waals surface area contributed by atoms with Gasteiger partial charge in [-0.25, -0.2) is 0 Å². The van der Waals surface area contributed by atoms with E-state index in [-0.39, 0.29) is 18.0 Å². The van der Waals surface area contributed by atoms with Crippen LogP contribution in [0, 0.1) is 5.92 Å². The molecule has 0 N–H and O–H groups in total. The Bertz CT molecular complexity index is 161. The van der Waals surface area contributed by atoms with Gasteiger partial charge in [-0.05, 0) is 12.8 Å². The van der Waals surface area contributed by atoms with Crippen molar-refractivity contribution in [3.63, 3.8) is 0 Å². The lowest BCUT2D eigenvalue weighted by Crippen LogP contribution is -2.19. The first kappa shape index (κ1) is 12.2. The molecule has 0 aromatic rings. The molecule has 0 spiro atoms. The van der Waals surface area contributed by atoms with E-state index in [0.29, 0.717) is 0 Å². The van der Waals surface area contributed by atoms with Gasteiger partial charge in [0.15, 0.2) is 0 Å². The summed E-state index contributed by atoms with van der Waals surface area (Å²) in [7, 11) is 0. The first-order valence-electron chi connectivity index (χ1n) is 4.94. The number of unbranched alkanes of at least 4 members (excludes halogenated alkanes) is 1. The predicted molar refractivity (Wildman–Crippen MR) is 54.4 cm³/mol. The summed E-state index contributed by atoms with van der Waals surface area (Å²) in [5.41, 5.74) is 0. The highest BCUT2D eigenvalue weighted by Crippen LogP contribution is 2.08. The van der Waals surface area contributed by atoms with Gasteiger partial charge in [0.2, 0.25) is 0 Å². The average molecular weight is 184 g/mol. The second-order valence-corrected chi connectivity index (χ2v) is 3.51. The maximum Gasteiger partial charge on any atom is 0.308 e. The third-order valence-electron chi connectivity index (χ3n) is 1.84. The number of esters is 1. The summed E-state index contributed by atoms with van der Waals surface area (Å²) in [5.74, 6) is -0.190. The van der Waals surface area contributed by atoms with E-state index in [0.717, 1.165) is 19.3 Å². The molecular weight excluding hydrogens is 164 g/mol. The molecule has 2 nitrogen and oxygen atoms in total. The van der Waals surface area contributed by atoms with Crippen LogP contribution in [0.4, 0.5) is 0 Å². The number of carbonyl (C=O) groups excluding carboxylic acids is 1. The quantitative estimate of drug-likeness (QED) is 0.468. The Morgan fingerprint density at radius 3 is 2.54 bits per heavy atom. The molecule has 0 radical (unpaired) electrons. The Kier molecular flexibility index (Phi) is 6.29. The van der Waals surface area contributed by atoms with E-state index in [1.54, 1.807) is 6.08 Å². The minimum Gasteiger partial charge on any atom is -0.458 e. The summed E-state index contributed by atoms with van der Waals surface area (Å²) in [6.45, 7) is 9.44. The monoisotopic (exact) mass is 184 g/mol. The standard InChI is InChI=1S/C11H20O2/c1-5-7-8-10(6-2)13-11(12)9(3)4/h6,9-10H,2,5,7-8H2,1,3-4H3. The van der Waals surface area contributed by atoms with Crippen molar-refractivity contribution in [2.24, 2.45) is 5.92 Å². The molecule has 0 aliphatic rings. The lowest BCUT2D eigenvalue weighted by atomic mass is 10.1. The minimum atomic E-state index is -0.138. The number of ether oxygens (including phenoxy) is 1. The summed E-state index contributed by atoms with van der Waals surface area (Å²) >= 11 is 0. The molecule has 0 aromatic carbocycles. The van der Waals surface area contributed by atoms with Gasteiger partial charge in [0.1, 0.15) is 6.10 Å². The lowest BCUT2D eigenvalue weighted by Gasteiger charge is -2.14. The van der Waals surface area contributed by atoms with E-state index >= 15 is 0 Å². The second kappa shape index (κ2) is 6.70. The number of rotatable bonds is 6. The molecule has 1 atom stereocenters. The first-order valence-corrected chi connectivity index (χ1v) is 4.94. The highest BCUT2D eigenvalue weighted by molar-refractivity contribution is 5.71. The smallest absolute Gasteiger partial charge is 0.308 e. The zero-order valence-corrected chi connectivity index (χ0v) is 8.88. The third kappa shape index (κ3) is 5.45. The number of hydrogen-bond donors (Lipinski definition) is 0. The maximum atomic E-state index is 11.2. The molecule has 0 amide bonds. The predicted octanol–water partition coefficient (Wildman–Crippen LogP) is 2.93. The van der Waals surface area contributed by atoms with Crippen molar-refractivity contribution >= 4 is 5.97 Å². The van der Waals surface area contributed by atoms with Crippen molar-refractivity contribution < 1.29 is 9.53 Å². The highest BCUT2D eigenvalue weighted by atomic mass is 16.5. The Hall–Kier alpha value is -0.790. The molecule has 0 rings (SSSR count). The fourth-order valence-corrected chi connectivity index (χ4v) is 0.915. The molecule has 0 aliphatic heterocycles. The second-order valence-electron chi connectivity index (χ2n) is 3.51. The molecular formula is C11H20O2. The van der Waals surface area contributed by atoms with Gasteiger partial charge in [-0.3, -0.25) is 4.79 Å². The van der Waals surface area contributed by atoms with Crippen molar-refractivity contribution in [2.45, 2.75) is 46.1 Å². The molecule has 76 valence electrons. The Morgan fingerprint density at radius 2 is 2.15 bits per heavy atom. The molecule has 0 bridgehead atoms. The van der Waals surface area contributed by atoms with Crippen molar-refractivity contribution in [3.05, 3.63) is 12.7 Å². The molecule has 0 aliphatic carbocycles. The normalized spacial score (nSPS) is 12.6. The summed E-state index contributed by atoms with van der Waals surface area (Å²) in [6.07, 6.45) is 4.68. The fraction of sp³-hybridized carbons (Fsp3) is 0.727. The molecule has 0 saturated heterocycles. The topological polar surface area (TPSA) is 26.3 Å². The minimum absolute atomic E-state index is 0.0518. The zero-order chi connectivity index (χ0) is 10.3. The van der Waals surface area contributed by atoms with Crippen LogP contribution in [0.25, 0.3) is 0 Å². The van der Waals surface area contributed by atoms with E-state index in [9.17, 15) is 4.79 Å². The Labute approximate surface area is 81.0 Å². The summed E-state index contributed by atoms with van der Waals surface area (Å²) in [4.78, 5) is 11.2. The SMILES string of the molecule is C=CC(CCCC)OC(=O)C(C)C. The summed E-state index contributed by atoms with van der Waals surface area (Å²) in [5, 5.41) is 0. The molecule has 0 aromatic heterocycles. The van der Waals surface area contributed by atoms with Gasteiger partial charge in [0.25, 0.3) is 0 Å². The average Bonchev–Trinajstić information content (AvgIpc) is 2.11. The fourth-order valence-electron chi connectivity index (χ4n) is 0.915. The van der Waals surface area contributed by atoms with Crippen molar-refractivity contribution in [3.8, 4) is 0 Å². The molecule has 13 heavy (non-hydrogen) atoms. The van der Waals surface area contributed by atoms with E-state index in [1.165, 1.54) is 0 Å². The van der Waals surface area contributed by atoms with E-state index in [1.807, 2.05) is 13.8 Å². The van der Waals surface area contributed by atoms with Gasteiger partial charge in [0, 0.05) is 0 Å². The van der Waals surface area contributed by atoms with Crippen LogP contribution >= 0.6 is 0 Å². The van der Waals surface area contributed by atoms with E-state index < -0.39 is 0 Å². The third-order valence-corrected chi connectivity index (χ3v) is 1.84. The molecule has 0 saturated carbocycles. The van der Waals surface area contributed by atoms with Crippen LogP contribution in [0.5, 0.6) is 0 Å². The van der Waals surface area contributed by atoms with Crippen molar-refractivity contribution in [1.82, 2.24) is 0 Å². The molecule has 1 unspecified atom stereocenters. The first-order chi connectivity index (χ1) is 6.11. The van der Waals surface area contributed by atoms with Gasteiger partial charge in [-0.2, -0.15) is 0 Å². The summed E-state index contributed by atoms with van der Waals surface area (Å²) in [6, 6.07) is 0. The number of hydrogen-bond acceptors (Lipinski definition) is 2. The van der Waals surface area contributed by atoms with E-state index in [4.69, 9.17) is 4.74 Å². The van der Waals surface area contributed by atoms with Crippen molar-refractivity contribution in [2.75, 3.05) is 0 Å². The summed E-state index contributed by atoms with van der Waals surface area (Å²) < 4.78 is 5.21. The van der Waals surface area contributed by atoms with Gasteiger partial charge in [0.05, 0.1) is 5.92 Å². The Morgan fingerprint density at radius 1 is 1.54 bits per heavy atom. The van der Waals surface area contributed by atoms with Crippen LogP contribution < -0.4 is 0 Å². The van der Waals surface area contributed by atoms with Crippen LogP contribution in [-0.4, -0.2) is 12.1 Å². The molecule has 0 heterocycles. The zero-order valence-electron chi connectivity index (χ0n) is 8.88. The van der Waals surface area contributed by atoms with Gasteiger partial charge in [-0.1, -0.05) is 39.8 Å². The molecule has 2 heteroatoms. The van der Waals surface area contributed by atoms with Gasteiger partial charge in [-0.15, -0.1) is 0 Å². The van der Waals surface area contributed by atoms with Gasteiger partial charge < -0.3 is 4.74 Å². The van der Waals surface area contributed by atoms with Crippen LogP contribution in [0.2, 0.25) is 0 Å². The lowest BCUT2D eigenvalue weighted by molar-refractivity contribution is -0.150. The van der Waals surface area contributed by atoms with E-state index in [2.05, 4.69) is 13.5 Å². The van der Waals surface area contributed by atoms with Crippen LogP contribution in [0.15, 0.2) is 12.7 Å².